The van der Waals surface area contributed by atoms with Crippen molar-refractivity contribution >= 4 is 0 Å². The summed E-state index contributed by atoms with van der Waals surface area (Å²) in [6.45, 7) is 6.63. The average Bonchev–Trinajstić information content (AvgIpc) is 2.92. The molecule has 0 spiro atoms. The Morgan fingerprint density at radius 1 is 1.50 bits per heavy atom. The van der Waals surface area contributed by atoms with Crippen LogP contribution >= 0.6 is 0 Å². The Labute approximate surface area is 120 Å². The van der Waals surface area contributed by atoms with Crippen LogP contribution in [0.5, 0.6) is 0 Å². The molecule has 1 N–H and O–H groups in total. The molecule has 2 heterocycles. The molecule has 0 bridgehead atoms. The van der Waals surface area contributed by atoms with Crippen LogP contribution in [0.15, 0.2) is 6.33 Å². The number of rotatable bonds is 7. The van der Waals surface area contributed by atoms with Gasteiger partial charge in [-0.1, -0.05) is 0 Å². The Hall–Kier alpha value is -0.980. The van der Waals surface area contributed by atoms with Crippen molar-refractivity contribution in [1.29, 1.82) is 0 Å². The van der Waals surface area contributed by atoms with Crippen LogP contribution in [0.4, 0.5) is 0 Å². The molecular weight excluding hydrogens is 256 g/mol. The van der Waals surface area contributed by atoms with Gasteiger partial charge in [-0.3, -0.25) is 4.90 Å². The third kappa shape index (κ3) is 3.56. The third-order valence-electron chi connectivity index (χ3n) is 4.27. The molecular formula is C14H26N4O2. The SMILES string of the molecule is CCn1ncnc1CN1CCCC(CO)(CCOC)C1. The van der Waals surface area contributed by atoms with Crippen LogP contribution in [-0.4, -0.2) is 58.2 Å². The predicted molar refractivity (Wildman–Crippen MR) is 76.2 cm³/mol. The molecule has 1 aliphatic rings. The number of piperidine rings is 1. The fourth-order valence-corrected chi connectivity index (χ4v) is 3.05. The summed E-state index contributed by atoms with van der Waals surface area (Å²) in [7, 11) is 1.72. The summed E-state index contributed by atoms with van der Waals surface area (Å²) in [4.78, 5) is 6.72. The van der Waals surface area contributed by atoms with Gasteiger partial charge in [-0.15, -0.1) is 0 Å². The molecule has 2 rings (SSSR count). The maximum atomic E-state index is 9.80. The fraction of sp³-hybridized carbons (Fsp3) is 0.857. The first-order valence-electron chi connectivity index (χ1n) is 7.42. The topological polar surface area (TPSA) is 63.4 Å². The number of ether oxygens (including phenoxy) is 1. The monoisotopic (exact) mass is 282 g/mol. The molecule has 0 aliphatic carbocycles. The van der Waals surface area contributed by atoms with Crippen LogP contribution in [0.2, 0.25) is 0 Å². The third-order valence-corrected chi connectivity index (χ3v) is 4.27. The lowest BCUT2D eigenvalue weighted by molar-refractivity contribution is 0.00357. The van der Waals surface area contributed by atoms with Crippen molar-refractivity contribution in [3.8, 4) is 0 Å². The predicted octanol–water partition coefficient (Wildman–Crippen LogP) is 0.909. The lowest BCUT2D eigenvalue weighted by Crippen LogP contribution is -2.45. The van der Waals surface area contributed by atoms with E-state index < -0.39 is 0 Å². The normalized spacial score (nSPS) is 24.1. The van der Waals surface area contributed by atoms with Crippen molar-refractivity contribution in [2.45, 2.75) is 39.3 Å². The van der Waals surface area contributed by atoms with Crippen molar-refractivity contribution in [1.82, 2.24) is 19.7 Å². The highest BCUT2D eigenvalue weighted by Crippen LogP contribution is 2.33. The Kier molecular flexibility index (Phi) is 5.51. The number of aliphatic hydroxyl groups is 1. The quantitative estimate of drug-likeness (QED) is 0.805. The van der Waals surface area contributed by atoms with Crippen LogP contribution in [-0.2, 0) is 17.8 Å². The number of aromatic nitrogens is 3. The molecule has 6 nitrogen and oxygen atoms in total. The Balaban J connectivity index is 1.98. The second-order valence-electron chi connectivity index (χ2n) is 5.71. The molecule has 1 saturated heterocycles. The zero-order chi connectivity index (χ0) is 14.4. The highest BCUT2D eigenvalue weighted by Gasteiger charge is 2.34. The van der Waals surface area contributed by atoms with Gasteiger partial charge in [0.15, 0.2) is 0 Å². The number of nitrogens with zero attached hydrogens (tertiary/aromatic N) is 4. The van der Waals surface area contributed by atoms with Crippen LogP contribution in [0, 0.1) is 5.41 Å². The molecule has 6 heteroatoms. The minimum Gasteiger partial charge on any atom is -0.396 e. The van der Waals surface area contributed by atoms with Crippen molar-refractivity contribution in [2.24, 2.45) is 5.41 Å². The molecule has 1 aromatic rings. The fourth-order valence-electron chi connectivity index (χ4n) is 3.05. The van der Waals surface area contributed by atoms with Gasteiger partial charge in [0.2, 0.25) is 0 Å². The van der Waals surface area contributed by atoms with E-state index in [4.69, 9.17) is 4.74 Å². The number of hydrogen-bond acceptors (Lipinski definition) is 5. The molecule has 1 atom stereocenters. The number of aryl methyl sites for hydroxylation is 1. The Morgan fingerprint density at radius 3 is 3.05 bits per heavy atom. The number of likely N-dealkylation sites (tertiary alicyclic amines) is 1. The molecule has 1 unspecified atom stereocenters. The van der Waals surface area contributed by atoms with E-state index in [2.05, 4.69) is 21.9 Å². The van der Waals surface area contributed by atoms with E-state index in [1.807, 2.05) is 4.68 Å². The van der Waals surface area contributed by atoms with E-state index in [1.165, 1.54) is 0 Å². The molecule has 0 aromatic carbocycles. The second kappa shape index (κ2) is 7.15. The average molecular weight is 282 g/mol. The van der Waals surface area contributed by atoms with Crippen LogP contribution in [0.25, 0.3) is 0 Å². The molecule has 1 aliphatic heterocycles. The first-order valence-corrected chi connectivity index (χ1v) is 7.42. The second-order valence-corrected chi connectivity index (χ2v) is 5.71. The zero-order valence-electron chi connectivity index (χ0n) is 12.6. The van der Waals surface area contributed by atoms with E-state index in [0.717, 1.165) is 51.3 Å². The van der Waals surface area contributed by atoms with Crippen LogP contribution < -0.4 is 0 Å². The highest BCUT2D eigenvalue weighted by atomic mass is 16.5. The summed E-state index contributed by atoms with van der Waals surface area (Å²) < 4.78 is 7.13. The summed E-state index contributed by atoms with van der Waals surface area (Å²) in [5.41, 5.74) is -0.0225. The molecule has 20 heavy (non-hydrogen) atoms. The summed E-state index contributed by atoms with van der Waals surface area (Å²) >= 11 is 0. The Morgan fingerprint density at radius 2 is 2.35 bits per heavy atom. The summed E-state index contributed by atoms with van der Waals surface area (Å²) in [6, 6.07) is 0. The highest BCUT2D eigenvalue weighted by molar-refractivity contribution is 4.91. The van der Waals surface area contributed by atoms with E-state index in [-0.39, 0.29) is 12.0 Å². The lowest BCUT2D eigenvalue weighted by Gasteiger charge is -2.41. The Bertz CT molecular complexity index is 410. The minimum absolute atomic E-state index is 0.0225. The van der Waals surface area contributed by atoms with Crippen LogP contribution in [0.1, 0.15) is 32.0 Å². The first kappa shape index (κ1) is 15.4. The van der Waals surface area contributed by atoms with Gasteiger partial charge < -0.3 is 9.84 Å². The van der Waals surface area contributed by atoms with E-state index in [1.54, 1.807) is 13.4 Å². The first-order chi connectivity index (χ1) is 9.73. The summed E-state index contributed by atoms with van der Waals surface area (Å²) in [6.07, 6.45) is 4.72. The van der Waals surface area contributed by atoms with E-state index in [9.17, 15) is 5.11 Å². The van der Waals surface area contributed by atoms with Gasteiger partial charge in [-0.2, -0.15) is 5.10 Å². The minimum atomic E-state index is -0.0225. The molecule has 0 radical (unpaired) electrons. The van der Waals surface area contributed by atoms with E-state index in [0.29, 0.717) is 6.61 Å². The maximum Gasteiger partial charge on any atom is 0.140 e. The van der Waals surface area contributed by atoms with Gasteiger partial charge in [-0.25, -0.2) is 9.67 Å². The number of hydrogen-bond donors (Lipinski definition) is 1. The zero-order valence-corrected chi connectivity index (χ0v) is 12.6. The summed E-state index contributed by atoms with van der Waals surface area (Å²) in [5, 5.41) is 14.0. The van der Waals surface area contributed by atoms with Crippen molar-refractivity contribution in [3.63, 3.8) is 0 Å². The number of methoxy groups -OCH3 is 1. The summed E-state index contributed by atoms with van der Waals surface area (Å²) in [5.74, 6) is 1.01. The van der Waals surface area contributed by atoms with Gasteiger partial charge >= 0.3 is 0 Å². The van der Waals surface area contributed by atoms with Crippen molar-refractivity contribution in [2.75, 3.05) is 33.4 Å². The smallest absolute Gasteiger partial charge is 0.140 e. The van der Waals surface area contributed by atoms with Gasteiger partial charge in [0, 0.05) is 32.2 Å². The van der Waals surface area contributed by atoms with Crippen molar-refractivity contribution < 1.29 is 9.84 Å². The number of aliphatic hydroxyl groups excluding tert-OH is 1. The molecule has 0 amide bonds. The van der Waals surface area contributed by atoms with Gasteiger partial charge in [0.1, 0.15) is 12.2 Å². The van der Waals surface area contributed by atoms with Gasteiger partial charge in [-0.05, 0) is 32.7 Å². The molecule has 1 aromatic heterocycles. The lowest BCUT2D eigenvalue weighted by atomic mass is 9.78. The van der Waals surface area contributed by atoms with Gasteiger partial charge in [0.25, 0.3) is 0 Å². The largest absolute Gasteiger partial charge is 0.396 e. The molecule has 114 valence electrons. The molecule has 0 saturated carbocycles. The molecule has 1 fully saturated rings. The van der Waals surface area contributed by atoms with Crippen molar-refractivity contribution in [3.05, 3.63) is 12.2 Å². The van der Waals surface area contributed by atoms with Gasteiger partial charge in [0.05, 0.1) is 13.2 Å². The van der Waals surface area contributed by atoms with E-state index >= 15 is 0 Å². The maximum absolute atomic E-state index is 9.80. The van der Waals surface area contributed by atoms with Crippen LogP contribution in [0.3, 0.4) is 0 Å². The standard InChI is InChI=1S/C14H26N4O2/c1-3-18-13(15-12-16-18)9-17-7-4-5-14(10-17,11-19)6-8-20-2/h12,19H,3-11H2,1-2H3.